The first kappa shape index (κ1) is 39.8. The molecule has 0 bridgehead atoms. The molecule has 2 unspecified atom stereocenters. The van der Waals surface area contributed by atoms with Gasteiger partial charge in [0.1, 0.15) is 28.8 Å². The van der Waals surface area contributed by atoms with E-state index in [2.05, 4.69) is 0 Å². The number of likely N-dealkylation sites (tertiary alicyclic amines) is 2. The predicted molar refractivity (Wildman–Crippen MR) is 194 cm³/mol. The maximum absolute atomic E-state index is 13.0. The Kier molecular flexibility index (Phi) is 10.7. The van der Waals surface area contributed by atoms with Gasteiger partial charge < -0.3 is 15.2 Å². The van der Waals surface area contributed by atoms with Gasteiger partial charge in [0.2, 0.25) is 11.8 Å². The second kappa shape index (κ2) is 15.3. The Morgan fingerprint density at radius 2 is 1.09 bits per heavy atom. The highest BCUT2D eigenvalue weighted by atomic mass is 16.6. The molecule has 2 aromatic carbocycles. The lowest BCUT2D eigenvalue weighted by molar-refractivity contribution is -0.385. The molecule has 0 saturated carbocycles. The lowest BCUT2D eigenvalue weighted by Crippen LogP contribution is -2.58. The van der Waals surface area contributed by atoms with E-state index in [1.54, 1.807) is 20.8 Å². The summed E-state index contributed by atoms with van der Waals surface area (Å²) in [6.45, 7) is 9.14. The molecule has 0 aliphatic carbocycles. The van der Waals surface area contributed by atoms with Crippen molar-refractivity contribution in [2.24, 2.45) is 0 Å². The number of anilines is 1. The summed E-state index contributed by atoms with van der Waals surface area (Å²) in [4.78, 5) is 138. The fourth-order valence-corrected chi connectivity index (χ4v) is 5.99. The van der Waals surface area contributed by atoms with E-state index in [1.165, 1.54) is 45.0 Å². The number of fused-ring (bicyclic) bond motifs is 2. The van der Waals surface area contributed by atoms with Crippen molar-refractivity contribution in [3.63, 3.8) is 0 Å². The number of nitrogens with two attached hydrogens (primary N) is 1. The van der Waals surface area contributed by atoms with E-state index >= 15 is 0 Å². The Balaban J connectivity index is 0.000000257. The zero-order valence-electron chi connectivity index (χ0n) is 32.8. The van der Waals surface area contributed by atoms with Crippen LogP contribution < -0.4 is 5.73 Å². The van der Waals surface area contributed by atoms with Crippen LogP contribution in [0.3, 0.4) is 0 Å². The quantitative estimate of drug-likeness (QED) is 0.201. The Morgan fingerprint density at radius 1 is 0.702 bits per heavy atom. The molecule has 4 aliphatic rings. The summed E-state index contributed by atoms with van der Waals surface area (Å²) in [5, 5.41) is 11.3. The molecule has 57 heavy (non-hydrogen) atoms. The zero-order chi connectivity index (χ0) is 43.6. The summed E-state index contributed by atoms with van der Waals surface area (Å²) in [5.41, 5.74) is 2.07. The molecule has 0 spiro atoms. The van der Waals surface area contributed by atoms with Crippen molar-refractivity contribution in [3.05, 3.63) is 68.8 Å². The van der Waals surface area contributed by atoms with Gasteiger partial charge in [0.05, 0.1) is 24.4 Å². The number of nitro groups is 1. The first-order chi connectivity index (χ1) is 26.7. The van der Waals surface area contributed by atoms with Gasteiger partial charge in [0.15, 0.2) is 0 Å². The standard InChI is InChI=1S/C18H17N3O8.C18H19N3O6.CH4/c1-18(2,3)29-17(26)20-12(22)8-7-11(15(20)24)19-14(23)9-5-4-6-10(21(27)28)13(9)16(19)25;1-18(2,3)27-17(26)21-12(22)8-7-11(15(21)24)20-14(23)9-5-4-6-10(19)13(9)16(20)25;/h4-6,11H,7-8H2,1-3H3;4-6,11H,7-8,19H2,1-3H3;1H4/i2*11D;. The molecule has 4 heterocycles. The maximum atomic E-state index is 13.0. The molecule has 6 rings (SSSR count). The minimum absolute atomic E-state index is 0. The second-order valence-corrected chi connectivity index (χ2v) is 14.5. The summed E-state index contributed by atoms with van der Waals surface area (Å²) in [6.07, 6.45) is -4.48. The van der Waals surface area contributed by atoms with Crippen LogP contribution in [0.5, 0.6) is 0 Å². The number of amides is 10. The zero-order valence-corrected chi connectivity index (χ0v) is 30.8. The molecule has 2 aromatic rings. The Hall–Kier alpha value is -6.86. The number of imide groups is 8. The SMILES string of the molecule is C.[2H]C1(N2C(=O)c3cccc(N)c3C2=O)CCC(=O)N(C(=O)OC(C)(C)C)C1=O.[2H]C1(N2C(=O)c3cccc([N+](=O)[O-])c3C2=O)CCC(=O)N(C(=O)OC(C)(C)C)C1=O. The molecule has 2 saturated heterocycles. The number of nitro benzene ring substituents is 1. The average Bonchev–Trinajstić information content (AvgIpc) is 3.52. The number of carbonyl (C=O) groups excluding carboxylic acids is 10. The van der Waals surface area contributed by atoms with Crippen LogP contribution in [-0.2, 0) is 28.7 Å². The van der Waals surface area contributed by atoms with Crippen molar-refractivity contribution in [3.8, 4) is 0 Å². The first-order valence-electron chi connectivity index (χ1n) is 17.8. The Bertz CT molecular complexity index is 2280. The number of ether oxygens (including phenoxy) is 2. The highest BCUT2D eigenvalue weighted by molar-refractivity contribution is 6.27. The molecule has 2 fully saturated rings. The van der Waals surface area contributed by atoms with Gasteiger partial charge >= 0.3 is 12.2 Å². The highest BCUT2D eigenvalue weighted by Crippen LogP contribution is 2.35. The van der Waals surface area contributed by atoms with Gasteiger partial charge in [0, 0.05) is 24.6 Å². The molecule has 2 N–H and O–H groups in total. The van der Waals surface area contributed by atoms with Crippen molar-refractivity contribution in [2.45, 2.75) is 97.9 Å². The van der Waals surface area contributed by atoms with Crippen LogP contribution in [0.4, 0.5) is 21.0 Å². The minimum atomic E-state index is -2.65. The normalized spacial score (nSPS) is 22.6. The number of hydrogen-bond donors (Lipinski definition) is 1. The van der Waals surface area contributed by atoms with Crippen LogP contribution >= 0.6 is 0 Å². The van der Waals surface area contributed by atoms with Crippen LogP contribution in [0.1, 0.15) is 119 Å². The van der Waals surface area contributed by atoms with Crippen molar-refractivity contribution in [2.75, 3.05) is 5.73 Å². The molecule has 20 nitrogen and oxygen atoms in total. The molecular weight excluding hydrogens is 752 g/mol. The number of hydrogen-bond acceptors (Lipinski definition) is 15. The Morgan fingerprint density at radius 3 is 1.47 bits per heavy atom. The van der Waals surface area contributed by atoms with E-state index in [4.69, 9.17) is 17.9 Å². The largest absolute Gasteiger partial charge is 0.443 e. The molecular formula is C37H40N6O14. The smallest absolute Gasteiger partial charge is 0.424 e. The fraction of sp³-hybridized carbons (Fsp3) is 0.405. The van der Waals surface area contributed by atoms with Crippen LogP contribution in [0.25, 0.3) is 0 Å². The summed E-state index contributed by atoms with van der Waals surface area (Å²) in [6, 6.07) is 2.51. The maximum Gasteiger partial charge on any atom is 0.424 e. The lowest BCUT2D eigenvalue weighted by Gasteiger charge is -2.34. The van der Waals surface area contributed by atoms with Crippen molar-refractivity contribution in [1.29, 1.82) is 0 Å². The van der Waals surface area contributed by atoms with Crippen molar-refractivity contribution < 1.29 is 65.1 Å². The van der Waals surface area contributed by atoms with E-state index in [-0.39, 0.29) is 44.5 Å². The van der Waals surface area contributed by atoms with Crippen molar-refractivity contribution in [1.82, 2.24) is 19.6 Å². The van der Waals surface area contributed by atoms with E-state index in [9.17, 15) is 58.1 Å². The van der Waals surface area contributed by atoms with E-state index < -0.39 is 125 Å². The second-order valence-electron chi connectivity index (χ2n) is 14.5. The number of nitrogen functional groups attached to an aromatic ring is 1. The molecule has 2 atom stereocenters. The number of carbonyl (C=O) groups is 10. The summed E-state index contributed by atoms with van der Waals surface area (Å²) < 4.78 is 27.2. The summed E-state index contributed by atoms with van der Waals surface area (Å²) in [7, 11) is 0. The third kappa shape index (κ3) is 7.96. The monoisotopic (exact) mass is 794 g/mol. The molecule has 10 amide bonds. The molecule has 0 aromatic heterocycles. The van der Waals surface area contributed by atoms with E-state index in [0.29, 0.717) is 4.90 Å². The van der Waals surface area contributed by atoms with Crippen LogP contribution in [0.15, 0.2) is 36.4 Å². The number of rotatable bonds is 3. The summed E-state index contributed by atoms with van der Waals surface area (Å²) >= 11 is 0. The van der Waals surface area contributed by atoms with Gasteiger partial charge in [-0.1, -0.05) is 19.6 Å². The van der Waals surface area contributed by atoms with Crippen LogP contribution in [-0.4, -0.2) is 107 Å². The molecule has 302 valence electrons. The van der Waals surface area contributed by atoms with Gasteiger partial charge in [-0.2, -0.15) is 9.80 Å². The lowest BCUT2D eigenvalue weighted by atomic mass is 10.0. The topological polar surface area (TPSA) is 271 Å². The van der Waals surface area contributed by atoms with E-state index in [0.717, 1.165) is 12.1 Å². The van der Waals surface area contributed by atoms with Crippen LogP contribution in [0, 0.1) is 10.1 Å². The van der Waals surface area contributed by atoms with Gasteiger partial charge in [-0.3, -0.25) is 58.3 Å². The molecule has 4 aliphatic heterocycles. The fourth-order valence-electron chi connectivity index (χ4n) is 5.99. The molecule has 0 radical (unpaired) electrons. The van der Waals surface area contributed by atoms with E-state index in [1.807, 2.05) is 0 Å². The first-order valence-corrected chi connectivity index (χ1v) is 16.8. The Labute approximate surface area is 327 Å². The predicted octanol–water partition coefficient (Wildman–Crippen LogP) is 3.60. The van der Waals surface area contributed by atoms with Gasteiger partial charge in [-0.05, 0) is 72.6 Å². The highest BCUT2D eigenvalue weighted by Gasteiger charge is 2.52. The van der Waals surface area contributed by atoms with Crippen molar-refractivity contribution >= 4 is 70.8 Å². The van der Waals surface area contributed by atoms with Gasteiger partial charge in [0.25, 0.3) is 41.1 Å². The third-order valence-electron chi connectivity index (χ3n) is 8.28. The number of piperidine rings is 2. The van der Waals surface area contributed by atoms with Gasteiger partial charge in [-0.25, -0.2) is 9.59 Å². The van der Waals surface area contributed by atoms with Gasteiger partial charge in [-0.15, -0.1) is 0 Å². The minimum Gasteiger partial charge on any atom is -0.443 e. The number of benzene rings is 2. The third-order valence-corrected chi connectivity index (χ3v) is 8.28. The number of nitrogens with zero attached hydrogens (tertiary/aromatic N) is 5. The molecule has 20 heteroatoms. The summed E-state index contributed by atoms with van der Waals surface area (Å²) in [5.74, 6) is -8.67. The average molecular weight is 795 g/mol. The van der Waals surface area contributed by atoms with Crippen LogP contribution in [0.2, 0.25) is 0 Å².